The quantitative estimate of drug-likeness (QED) is 0.909. The lowest BCUT2D eigenvalue weighted by atomic mass is 9.90. The maximum Gasteiger partial charge on any atom is 0.255 e. The zero-order chi connectivity index (χ0) is 15.0. The van der Waals surface area contributed by atoms with Crippen molar-refractivity contribution >= 4 is 5.91 Å². The van der Waals surface area contributed by atoms with E-state index in [1.165, 1.54) is 5.56 Å². The summed E-state index contributed by atoms with van der Waals surface area (Å²) in [5.41, 5.74) is 0.579. The highest BCUT2D eigenvalue weighted by atomic mass is 16.5. The van der Waals surface area contributed by atoms with Crippen LogP contribution in [0.5, 0.6) is 0 Å². The third kappa shape index (κ3) is 2.55. The molecule has 22 heavy (non-hydrogen) atoms. The van der Waals surface area contributed by atoms with Crippen molar-refractivity contribution < 1.29 is 9.53 Å². The van der Waals surface area contributed by atoms with E-state index in [2.05, 4.69) is 22.3 Å². The minimum atomic E-state index is -0.489. The third-order valence-electron chi connectivity index (χ3n) is 5.23. The molecule has 0 radical (unpaired) electrons. The van der Waals surface area contributed by atoms with Crippen LogP contribution in [0.3, 0.4) is 0 Å². The largest absolute Gasteiger partial charge is 0.357 e. The lowest BCUT2D eigenvalue weighted by molar-refractivity contribution is -0.194. The first kappa shape index (κ1) is 14.2. The van der Waals surface area contributed by atoms with E-state index in [0.717, 1.165) is 51.7 Å². The first-order chi connectivity index (χ1) is 10.7. The number of rotatable bonds is 2. The molecule has 4 nitrogen and oxygen atoms in total. The maximum absolute atomic E-state index is 12.8. The van der Waals surface area contributed by atoms with Crippen molar-refractivity contribution in [3.05, 3.63) is 35.9 Å². The van der Waals surface area contributed by atoms with E-state index in [4.69, 9.17) is 4.74 Å². The summed E-state index contributed by atoms with van der Waals surface area (Å²) in [6, 6.07) is 10.3. The van der Waals surface area contributed by atoms with Gasteiger partial charge in [0.2, 0.25) is 0 Å². The summed E-state index contributed by atoms with van der Waals surface area (Å²) in [6.07, 6.45) is 4.98. The second-order valence-electron chi connectivity index (χ2n) is 7.03. The van der Waals surface area contributed by atoms with Gasteiger partial charge < -0.3 is 15.0 Å². The lowest BCUT2D eigenvalue weighted by Gasteiger charge is -2.46. The van der Waals surface area contributed by atoms with Gasteiger partial charge in [0, 0.05) is 6.54 Å². The molecule has 1 atom stereocenters. The number of benzene rings is 1. The zero-order valence-electron chi connectivity index (χ0n) is 13.0. The van der Waals surface area contributed by atoms with Crippen molar-refractivity contribution in [1.82, 2.24) is 10.2 Å². The Morgan fingerprint density at radius 1 is 1.09 bits per heavy atom. The molecule has 3 fully saturated rings. The highest BCUT2D eigenvalue weighted by molar-refractivity contribution is 5.89. The van der Waals surface area contributed by atoms with E-state index in [0.29, 0.717) is 6.54 Å². The standard InChI is InChI=1S/C18H24N2O2/c21-16-18(8-9-18)22-17(7-4-11-19-12-10-17)14-20(16)13-15-5-2-1-3-6-15/h1-3,5-6,19H,4,7-14H2. The van der Waals surface area contributed by atoms with Gasteiger partial charge >= 0.3 is 0 Å². The summed E-state index contributed by atoms with van der Waals surface area (Å²) in [7, 11) is 0. The second kappa shape index (κ2) is 5.36. The Hall–Kier alpha value is -1.39. The number of nitrogens with zero attached hydrogens (tertiary/aromatic N) is 1. The lowest BCUT2D eigenvalue weighted by Crippen LogP contribution is -2.59. The molecule has 4 rings (SSSR count). The van der Waals surface area contributed by atoms with Crippen LogP contribution in [0, 0.1) is 0 Å². The van der Waals surface area contributed by atoms with E-state index in [1.807, 2.05) is 18.2 Å². The smallest absolute Gasteiger partial charge is 0.255 e. The van der Waals surface area contributed by atoms with Crippen LogP contribution in [-0.4, -0.2) is 41.6 Å². The minimum absolute atomic E-state index is 0.136. The number of morpholine rings is 1. The van der Waals surface area contributed by atoms with Crippen molar-refractivity contribution in [3.8, 4) is 0 Å². The molecule has 0 bridgehead atoms. The molecule has 2 heterocycles. The van der Waals surface area contributed by atoms with E-state index in [-0.39, 0.29) is 11.5 Å². The van der Waals surface area contributed by atoms with Gasteiger partial charge in [0.05, 0.1) is 12.1 Å². The fourth-order valence-corrected chi connectivity index (χ4v) is 3.92. The van der Waals surface area contributed by atoms with Crippen LogP contribution < -0.4 is 5.32 Å². The summed E-state index contributed by atoms with van der Waals surface area (Å²) in [5.74, 6) is 0.208. The minimum Gasteiger partial charge on any atom is -0.357 e. The molecule has 1 aromatic carbocycles. The SMILES string of the molecule is O=C1N(Cc2ccccc2)CC2(CCCNCC2)OC12CC2. The van der Waals surface area contributed by atoms with Crippen molar-refractivity contribution in [1.29, 1.82) is 0 Å². The summed E-state index contributed by atoms with van der Waals surface area (Å²) < 4.78 is 6.44. The molecule has 0 aromatic heterocycles. The number of amides is 1. The van der Waals surface area contributed by atoms with Crippen LogP contribution in [0.15, 0.2) is 30.3 Å². The molecule has 2 spiro atoms. The zero-order valence-corrected chi connectivity index (χ0v) is 13.0. The summed E-state index contributed by atoms with van der Waals surface area (Å²) in [4.78, 5) is 14.9. The molecule has 1 aromatic rings. The highest BCUT2D eigenvalue weighted by Gasteiger charge is 2.61. The van der Waals surface area contributed by atoms with Crippen molar-refractivity contribution in [2.24, 2.45) is 0 Å². The molecule has 1 saturated carbocycles. The Kier molecular flexibility index (Phi) is 3.46. The second-order valence-corrected chi connectivity index (χ2v) is 7.03. The fraction of sp³-hybridized carbons (Fsp3) is 0.611. The van der Waals surface area contributed by atoms with Gasteiger partial charge in [-0.3, -0.25) is 4.79 Å². The number of ether oxygens (including phenoxy) is 1. The molecule has 2 aliphatic heterocycles. The molecular formula is C18H24N2O2. The summed E-state index contributed by atoms with van der Waals surface area (Å²) >= 11 is 0. The third-order valence-corrected chi connectivity index (χ3v) is 5.23. The molecule has 1 N–H and O–H groups in total. The molecule has 118 valence electrons. The normalized spacial score (nSPS) is 30.5. The average molecular weight is 300 g/mol. The van der Waals surface area contributed by atoms with E-state index >= 15 is 0 Å². The summed E-state index contributed by atoms with van der Waals surface area (Å²) in [5, 5.41) is 3.46. The highest BCUT2D eigenvalue weighted by Crippen LogP contribution is 2.49. The number of hydrogen-bond donors (Lipinski definition) is 1. The Bertz CT molecular complexity index is 545. The number of nitrogens with one attached hydrogen (secondary N) is 1. The van der Waals surface area contributed by atoms with Gasteiger partial charge in [0.1, 0.15) is 5.60 Å². The molecule has 2 saturated heterocycles. The van der Waals surface area contributed by atoms with Crippen LogP contribution in [0.1, 0.15) is 37.7 Å². The van der Waals surface area contributed by atoms with E-state index in [9.17, 15) is 4.79 Å². The van der Waals surface area contributed by atoms with Gasteiger partial charge in [-0.15, -0.1) is 0 Å². The van der Waals surface area contributed by atoms with Gasteiger partial charge in [0.15, 0.2) is 0 Å². The number of carbonyl (C=O) groups excluding carboxylic acids is 1. The van der Waals surface area contributed by atoms with Crippen molar-refractivity contribution in [2.45, 2.75) is 49.9 Å². The van der Waals surface area contributed by atoms with Gasteiger partial charge in [-0.1, -0.05) is 30.3 Å². The monoisotopic (exact) mass is 300 g/mol. The van der Waals surface area contributed by atoms with Gasteiger partial charge in [-0.25, -0.2) is 0 Å². The predicted molar refractivity (Wildman–Crippen MR) is 84.4 cm³/mol. The number of carbonyl (C=O) groups is 1. The molecule has 1 amide bonds. The van der Waals surface area contributed by atoms with E-state index < -0.39 is 5.60 Å². The van der Waals surface area contributed by atoms with Crippen molar-refractivity contribution in [3.63, 3.8) is 0 Å². The van der Waals surface area contributed by atoms with Crippen molar-refractivity contribution in [2.75, 3.05) is 19.6 Å². The Labute approximate surface area is 131 Å². The fourth-order valence-electron chi connectivity index (χ4n) is 3.92. The Balaban J connectivity index is 1.58. The van der Waals surface area contributed by atoms with Gasteiger partial charge in [-0.05, 0) is 50.8 Å². The van der Waals surface area contributed by atoms with Gasteiger partial charge in [-0.2, -0.15) is 0 Å². The molecule has 1 unspecified atom stereocenters. The van der Waals surface area contributed by atoms with Crippen LogP contribution in [0.2, 0.25) is 0 Å². The van der Waals surface area contributed by atoms with Crippen LogP contribution in [0.4, 0.5) is 0 Å². The molecule has 1 aliphatic carbocycles. The number of hydrogen-bond acceptors (Lipinski definition) is 3. The first-order valence-electron chi connectivity index (χ1n) is 8.46. The average Bonchev–Trinajstić information content (AvgIpc) is 3.32. The Morgan fingerprint density at radius 3 is 2.68 bits per heavy atom. The summed E-state index contributed by atoms with van der Waals surface area (Å²) in [6.45, 7) is 3.50. The van der Waals surface area contributed by atoms with Crippen LogP contribution in [0.25, 0.3) is 0 Å². The van der Waals surface area contributed by atoms with Crippen LogP contribution >= 0.6 is 0 Å². The maximum atomic E-state index is 12.8. The molecular weight excluding hydrogens is 276 g/mol. The predicted octanol–water partition coefficient (Wildman–Crippen LogP) is 2.09. The van der Waals surface area contributed by atoms with E-state index in [1.54, 1.807) is 0 Å². The molecule has 4 heteroatoms. The van der Waals surface area contributed by atoms with Crippen LogP contribution in [-0.2, 0) is 16.1 Å². The topological polar surface area (TPSA) is 41.6 Å². The van der Waals surface area contributed by atoms with Gasteiger partial charge in [0.25, 0.3) is 5.91 Å². The Morgan fingerprint density at radius 2 is 1.91 bits per heavy atom. The molecule has 3 aliphatic rings. The first-order valence-corrected chi connectivity index (χ1v) is 8.46.